The van der Waals surface area contributed by atoms with Gasteiger partial charge in [-0.2, -0.15) is 0 Å². The van der Waals surface area contributed by atoms with Crippen molar-refractivity contribution in [3.05, 3.63) is 24.0 Å². The molecule has 0 aliphatic rings. The summed E-state index contributed by atoms with van der Waals surface area (Å²) in [4.78, 5) is 2.01. The summed E-state index contributed by atoms with van der Waals surface area (Å²) in [5.74, 6) is 0.428. The molecular formula is C14H23FN2O. The summed E-state index contributed by atoms with van der Waals surface area (Å²) in [6.07, 6.45) is 0.926. The lowest BCUT2D eigenvalue weighted by atomic mass is 9.88. The predicted octanol–water partition coefficient (Wildman–Crippen LogP) is 2.65. The van der Waals surface area contributed by atoms with E-state index in [1.165, 1.54) is 12.1 Å². The van der Waals surface area contributed by atoms with Gasteiger partial charge < -0.3 is 15.4 Å². The Morgan fingerprint density at radius 1 is 1.39 bits per heavy atom. The lowest BCUT2D eigenvalue weighted by Crippen LogP contribution is -2.33. The molecule has 0 bridgehead atoms. The number of hydrogen-bond acceptors (Lipinski definition) is 3. The maximum absolute atomic E-state index is 13.3. The van der Waals surface area contributed by atoms with Crippen LogP contribution in [-0.2, 0) is 0 Å². The molecule has 0 unspecified atom stereocenters. The fourth-order valence-electron chi connectivity index (χ4n) is 2.16. The van der Waals surface area contributed by atoms with Crippen molar-refractivity contribution in [3.8, 4) is 5.75 Å². The first-order chi connectivity index (χ1) is 8.39. The van der Waals surface area contributed by atoms with Gasteiger partial charge in [-0.3, -0.25) is 0 Å². The summed E-state index contributed by atoms with van der Waals surface area (Å²) in [7, 11) is 3.53. The normalized spacial score (nSPS) is 11.4. The number of anilines is 1. The van der Waals surface area contributed by atoms with Gasteiger partial charge in [-0.15, -0.1) is 0 Å². The first-order valence-corrected chi connectivity index (χ1v) is 6.14. The predicted molar refractivity (Wildman–Crippen MR) is 73.7 cm³/mol. The van der Waals surface area contributed by atoms with Crippen LogP contribution in [-0.4, -0.2) is 27.2 Å². The highest BCUT2D eigenvalue weighted by Gasteiger charge is 2.21. The number of rotatable bonds is 6. The minimum atomic E-state index is -0.255. The van der Waals surface area contributed by atoms with E-state index in [-0.39, 0.29) is 11.2 Å². The quantitative estimate of drug-likeness (QED) is 0.848. The van der Waals surface area contributed by atoms with Gasteiger partial charge in [0.15, 0.2) is 0 Å². The fourth-order valence-corrected chi connectivity index (χ4v) is 2.16. The third kappa shape index (κ3) is 3.88. The van der Waals surface area contributed by atoms with Gasteiger partial charge in [0.2, 0.25) is 0 Å². The number of nitrogens with two attached hydrogens (primary N) is 1. The molecule has 102 valence electrons. The second-order valence-corrected chi connectivity index (χ2v) is 5.38. The van der Waals surface area contributed by atoms with E-state index in [1.54, 1.807) is 13.2 Å². The minimum absolute atomic E-state index is 0.0842. The highest BCUT2D eigenvalue weighted by molar-refractivity contribution is 5.58. The molecule has 0 aromatic heterocycles. The number of halogens is 1. The molecule has 4 heteroatoms. The molecule has 0 radical (unpaired) electrons. The van der Waals surface area contributed by atoms with Crippen molar-refractivity contribution in [1.29, 1.82) is 0 Å². The standard InChI is InChI=1S/C14H23FN2O/c1-14(2,7-8-16)10-17(3)12-9-11(15)5-6-13(12)18-4/h5-6,9H,7-8,10,16H2,1-4H3. The molecule has 0 aliphatic carbocycles. The average molecular weight is 254 g/mol. The first kappa shape index (κ1) is 14.8. The number of methoxy groups -OCH3 is 1. The van der Waals surface area contributed by atoms with Gasteiger partial charge in [0.1, 0.15) is 11.6 Å². The third-order valence-corrected chi connectivity index (χ3v) is 3.04. The summed E-state index contributed by atoms with van der Waals surface area (Å²) in [6.45, 7) is 5.76. The molecule has 0 saturated carbocycles. The molecule has 1 aromatic carbocycles. The van der Waals surface area contributed by atoms with Crippen molar-refractivity contribution in [2.24, 2.45) is 11.1 Å². The molecule has 0 spiro atoms. The smallest absolute Gasteiger partial charge is 0.142 e. The van der Waals surface area contributed by atoms with Crippen LogP contribution in [0.2, 0.25) is 0 Å². The topological polar surface area (TPSA) is 38.5 Å². The van der Waals surface area contributed by atoms with Crippen molar-refractivity contribution >= 4 is 5.69 Å². The summed E-state index contributed by atoms with van der Waals surface area (Å²) in [5.41, 5.74) is 6.46. The highest BCUT2D eigenvalue weighted by Crippen LogP contribution is 2.31. The van der Waals surface area contributed by atoms with Crippen LogP contribution in [0.4, 0.5) is 10.1 Å². The van der Waals surface area contributed by atoms with Crippen molar-refractivity contribution in [1.82, 2.24) is 0 Å². The van der Waals surface area contributed by atoms with E-state index in [9.17, 15) is 4.39 Å². The van der Waals surface area contributed by atoms with E-state index in [0.717, 1.165) is 18.7 Å². The molecule has 0 saturated heterocycles. The fraction of sp³-hybridized carbons (Fsp3) is 0.571. The van der Waals surface area contributed by atoms with Crippen LogP contribution in [0.15, 0.2) is 18.2 Å². The van der Waals surface area contributed by atoms with Crippen LogP contribution in [0.5, 0.6) is 5.75 Å². The third-order valence-electron chi connectivity index (χ3n) is 3.04. The van der Waals surface area contributed by atoms with Gasteiger partial charge in [-0.05, 0) is 30.5 Å². The summed E-state index contributed by atoms with van der Waals surface area (Å²) in [6, 6.07) is 4.55. The Morgan fingerprint density at radius 3 is 2.61 bits per heavy atom. The summed E-state index contributed by atoms with van der Waals surface area (Å²) < 4.78 is 18.6. The van der Waals surface area contributed by atoms with Gasteiger partial charge in [0, 0.05) is 19.7 Å². The maximum Gasteiger partial charge on any atom is 0.142 e. The Hall–Kier alpha value is -1.29. The van der Waals surface area contributed by atoms with Crippen LogP contribution in [0.3, 0.4) is 0 Å². The molecule has 18 heavy (non-hydrogen) atoms. The van der Waals surface area contributed by atoms with Gasteiger partial charge in [-0.1, -0.05) is 13.8 Å². The highest BCUT2D eigenvalue weighted by atomic mass is 19.1. The van der Waals surface area contributed by atoms with E-state index in [0.29, 0.717) is 12.3 Å². The van der Waals surface area contributed by atoms with Gasteiger partial charge >= 0.3 is 0 Å². The second-order valence-electron chi connectivity index (χ2n) is 5.38. The number of hydrogen-bond donors (Lipinski definition) is 1. The Balaban J connectivity index is 2.89. The SMILES string of the molecule is COc1ccc(F)cc1N(C)CC(C)(C)CCN. The second kappa shape index (κ2) is 6.05. The summed E-state index contributed by atoms with van der Waals surface area (Å²) in [5, 5.41) is 0. The zero-order valence-corrected chi connectivity index (χ0v) is 11.7. The number of benzene rings is 1. The molecule has 0 atom stereocenters. The lowest BCUT2D eigenvalue weighted by Gasteiger charge is -2.32. The van der Waals surface area contributed by atoms with Crippen LogP contribution in [0.25, 0.3) is 0 Å². The summed E-state index contributed by atoms with van der Waals surface area (Å²) >= 11 is 0. The van der Waals surface area contributed by atoms with E-state index < -0.39 is 0 Å². The molecule has 0 fully saturated rings. The van der Waals surface area contributed by atoms with E-state index >= 15 is 0 Å². The van der Waals surface area contributed by atoms with Crippen LogP contribution in [0.1, 0.15) is 20.3 Å². The zero-order valence-electron chi connectivity index (χ0n) is 11.7. The van der Waals surface area contributed by atoms with Gasteiger partial charge in [0.05, 0.1) is 12.8 Å². The number of nitrogens with zero attached hydrogens (tertiary/aromatic N) is 1. The minimum Gasteiger partial charge on any atom is -0.495 e. The molecule has 0 heterocycles. The van der Waals surface area contributed by atoms with Crippen LogP contribution in [0, 0.1) is 11.2 Å². The average Bonchev–Trinajstić information content (AvgIpc) is 2.28. The van der Waals surface area contributed by atoms with Crippen molar-refractivity contribution in [3.63, 3.8) is 0 Å². The largest absolute Gasteiger partial charge is 0.495 e. The molecular weight excluding hydrogens is 231 g/mol. The van der Waals surface area contributed by atoms with Gasteiger partial charge in [0.25, 0.3) is 0 Å². The molecule has 0 amide bonds. The maximum atomic E-state index is 13.3. The van der Waals surface area contributed by atoms with Crippen LogP contribution >= 0.6 is 0 Å². The molecule has 3 nitrogen and oxygen atoms in total. The Kier molecular flexibility index (Phi) is 4.96. The van der Waals surface area contributed by atoms with Crippen molar-refractivity contribution in [2.75, 3.05) is 32.1 Å². The molecule has 1 rings (SSSR count). The monoisotopic (exact) mass is 254 g/mol. The van der Waals surface area contributed by atoms with Crippen molar-refractivity contribution in [2.45, 2.75) is 20.3 Å². The van der Waals surface area contributed by atoms with Gasteiger partial charge in [-0.25, -0.2) is 4.39 Å². The number of ether oxygens (including phenoxy) is 1. The van der Waals surface area contributed by atoms with Crippen LogP contribution < -0.4 is 15.4 Å². The van der Waals surface area contributed by atoms with E-state index in [1.807, 2.05) is 11.9 Å². The molecule has 0 aliphatic heterocycles. The lowest BCUT2D eigenvalue weighted by molar-refractivity contribution is 0.345. The Labute approximate surface area is 109 Å². The molecule has 1 aromatic rings. The molecule has 2 N–H and O–H groups in total. The van der Waals surface area contributed by atoms with E-state index in [4.69, 9.17) is 10.5 Å². The van der Waals surface area contributed by atoms with Crippen molar-refractivity contribution < 1.29 is 9.13 Å². The first-order valence-electron chi connectivity index (χ1n) is 6.14. The zero-order chi connectivity index (χ0) is 13.8. The Morgan fingerprint density at radius 2 is 2.06 bits per heavy atom. The Bertz CT molecular complexity index is 393. The van der Waals surface area contributed by atoms with E-state index in [2.05, 4.69) is 13.8 Å².